The van der Waals surface area contributed by atoms with Crippen LogP contribution in [0.2, 0.25) is 0 Å². The van der Waals surface area contributed by atoms with Crippen molar-refractivity contribution < 1.29 is 19.0 Å². The van der Waals surface area contributed by atoms with E-state index in [1.165, 1.54) is 33.3 Å². The van der Waals surface area contributed by atoms with E-state index in [0.717, 1.165) is 23.5 Å². The molecule has 1 aromatic heterocycles. The number of para-hydroxylation sites is 1. The van der Waals surface area contributed by atoms with E-state index in [2.05, 4.69) is 11.9 Å². The average Bonchev–Trinajstić information content (AvgIpc) is 3.12. The molecule has 26 heavy (non-hydrogen) atoms. The Bertz CT molecular complexity index is 739. The molecule has 2 rings (SSSR count). The minimum Gasteiger partial charge on any atom is -0.503 e. The number of rotatable bonds is 10. The highest BCUT2D eigenvalue weighted by Gasteiger charge is 2.17. The van der Waals surface area contributed by atoms with Crippen LogP contribution in [0.4, 0.5) is 0 Å². The number of aromatic nitrogens is 1. The number of thiazole rings is 1. The summed E-state index contributed by atoms with van der Waals surface area (Å²) in [5, 5.41) is 3.16. The molecule has 0 N–H and O–H groups in total. The summed E-state index contributed by atoms with van der Waals surface area (Å²) >= 11 is 1.67. The normalized spacial score (nSPS) is 11.3. The van der Waals surface area contributed by atoms with E-state index in [-0.39, 0.29) is 0 Å². The molecule has 0 aliphatic heterocycles. The van der Waals surface area contributed by atoms with E-state index in [1.54, 1.807) is 17.4 Å². The fourth-order valence-electron chi connectivity index (χ4n) is 2.47. The van der Waals surface area contributed by atoms with Crippen molar-refractivity contribution in [3.05, 3.63) is 52.2 Å². The first-order valence-electron chi connectivity index (χ1n) is 8.66. The van der Waals surface area contributed by atoms with E-state index in [4.69, 9.17) is 14.2 Å². The molecule has 0 fully saturated rings. The second kappa shape index (κ2) is 10.6. The van der Waals surface area contributed by atoms with E-state index < -0.39 is 5.97 Å². The molecule has 0 saturated heterocycles. The van der Waals surface area contributed by atoms with Crippen LogP contribution in [0.5, 0.6) is 5.75 Å². The fourth-order valence-corrected chi connectivity index (χ4v) is 3.30. The molecule has 0 radical (unpaired) electrons. The molecule has 0 amide bonds. The van der Waals surface area contributed by atoms with Gasteiger partial charge in [-0.2, -0.15) is 0 Å². The standard InChI is InChI=1S/C20H25NO4S/c1-4-5-6-11-19-21-15(14-26-19)12-25-18-10-8-7-9-16(18)17(13-23-2)20(22)24-3/h7-10,13-14H,4-6,11-12H2,1-3H3/b17-13+. The maximum absolute atomic E-state index is 12.0. The molecule has 0 atom stereocenters. The van der Waals surface area contributed by atoms with Gasteiger partial charge in [0.2, 0.25) is 0 Å². The molecule has 0 spiro atoms. The van der Waals surface area contributed by atoms with Crippen LogP contribution in [0.15, 0.2) is 35.9 Å². The smallest absolute Gasteiger partial charge is 0.341 e. The highest BCUT2D eigenvalue weighted by molar-refractivity contribution is 7.09. The van der Waals surface area contributed by atoms with Crippen LogP contribution < -0.4 is 4.74 Å². The third kappa shape index (κ3) is 5.59. The monoisotopic (exact) mass is 375 g/mol. The molecule has 1 aromatic carbocycles. The van der Waals surface area contributed by atoms with E-state index in [9.17, 15) is 4.79 Å². The van der Waals surface area contributed by atoms with E-state index in [0.29, 0.717) is 23.5 Å². The fraction of sp³-hybridized carbons (Fsp3) is 0.400. The summed E-state index contributed by atoms with van der Waals surface area (Å²) in [7, 11) is 2.83. The molecule has 0 saturated carbocycles. The van der Waals surface area contributed by atoms with Crippen LogP contribution in [-0.2, 0) is 27.3 Å². The lowest BCUT2D eigenvalue weighted by Crippen LogP contribution is -2.07. The lowest BCUT2D eigenvalue weighted by molar-refractivity contribution is -0.133. The van der Waals surface area contributed by atoms with Gasteiger partial charge in [-0.1, -0.05) is 38.0 Å². The molecular formula is C20H25NO4S. The second-order valence-electron chi connectivity index (χ2n) is 5.73. The number of hydrogen-bond donors (Lipinski definition) is 0. The van der Waals surface area contributed by atoms with Gasteiger partial charge in [-0.05, 0) is 18.9 Å². The molecule has 1 heterocycles. The first kappa shape index (κ1) is 20.0. The highest BCUT2D eigenvalue weighted by atomic mass is 32.1. The topological polar surface area (TPSA) is 57.7 Å². The Balaban J connectivity index is 2.08. The number of aryl methyl sites for hydroxylation is 1. The Morgan fingerprint density at radius 1 is 1.23 bits per heavy atom. The molecule has 0 bridgehead atoms. The van der Waals surface area contributed by atoms with Crippen LogP contribution in [-0.4, -0.2) is 25.2 Å². The zero-order valence-corrected chi connectivity index (χ0v) is 16.3. The summed E-state index contributed by atoms with van der Waals surface area (Å²) in [6, 6.07) is 7.31. The number of methoxy groups -OCH3 is 2. The van der Waals surface area contributed by atoms with Crippen molar-refractivity contribution in [1.29, 1.82) is 0 Å². The second-order valence-corrected chi connectivity index (χ2v) is 6.68. The number of carbonyl (C=O) groups is 1. The predicted molar refractivity (Wildman–Crippen MR) is 103 cm³/mol. The number of carbonyl (C=O) groups excluding carboxylic acids is 1. The molecule has 2 aromatic rings. The molecule has 140 valence electrons. The van der Waals surface area contributed by atoms with Crippen molar-refractivity contribution in [2.75, 3.05) is 14.2 Å². The van der Waals surface area contributed by atoms with Crippen molar-refractivity contribution >= 4 is 22.9 Å². The maximum atomic E-state index is 12.0. The highest BCUT2D eigenvalue weighted by Crippen LogP contribution is 2.28. The van der Waals surface area contributed by atoms with Gasteiger partial charge < -0.3 is 14.2 Å². The van der Waals surface area contributed by atoms with Crippen molar-refractivity contribution in [2.24, 2.45) is 0 Å². The molecule has 0 unspecified atom stereocenters. The van der Waals surface area contributed by atoms with Gasteiger partial charge in [0, 0.05) is 10.9 Å². The van der Waals surface area contributed by atoms with Gasteiger partial charge in [0.1, 0.15) is 17.9 Å². The van der Waals surface area contributed by atoms with Crippen LogP contribution in [0.3, 0.4) is 0 Å². The molecule has 5 nitrogen and oxygen atoms in total. The van der Waals surface area contributed by atoms with E-state index >= 15 is 0 Å². The minimum absolute atomic E-state index is 0.309. The molecular weight excluding hydrogens is 350 g/mol. The maximum Gasteiger partial charge on any atom is 0.341 e. The van der Waals surface area contributed by atoms with Crippen LogP contribution >= 0.6 is 11.3 Å². The summed E-state index contributed by atoms with van der Waals surface area (Å²) in [5.41, 5.74) is 1.83. The number of ether oxygens (including phenoxy) is 3. The number of esters is 1. The zero-order valence-electron chi connectivity index (χ0n) is 15.5. The van der Waals surface area contributed by atoms with Gasteiger partial charge in [-0.15, -0.1) is 11.3 Å². The van der Waals surface area contributed by atoms with Crippen molar-refractivity contribution in [3.63, 3.8) is 0 Å². The average molecular weight is 375 g/mol. The van der Waals surface area contributed by atoms with Gasteiger partial charge in [0.15, 0.2) is 0 Å². The summed E-state index contributed by atoms with van der Waals surface area (Å²) in [6.07, 6.45) is 5.97. The van der Waals surface area contributed by atoms with Crippen LogP contribution in [0, 0.1) is 0 Å². The summed E-state index contributed by atoms with van der Waals surface area (Å²) in [6.45, 7) is 2.54. The first-order valence-corrected chi connectivity index (χ1v) is 9.54. The predicted octanol–water partition coefficient (Wildman–Crippen LogP) is 4.62. The van der Waals surface area contributed by atoms with Crippen molar-refractivity contribution in [2.45, 2.75) is 39.2 Å². The SMILES string of the molecule is CCCCCc1nc(COc2ccccc2/C(=C\OC)C(=O)OC)cs1. The Morgan fingerprint density at radius 3 is 2.77 bits per heavy atom. The zero-order chi connectivity index (χ0) is 18.8. The lowest BCUT2D eigenvalue weighted by atomic mass is 10.1. The number of nitrogens with zero attached hydrogens (tertiary/aromatic N) is 1. The van der Waals surface area contributed by atoms with Gasteiger partial charge in [-0.3, -0.25) is 0 Å². The van der Waals surface area contributed by atoms with Gasteiger partial charge in [0.05, 0.1) is 31.2 Å². The van der Waals surface area contributed by atoms with Crippen molar-refractivity contribution in [3.8, 4) is 5.75 Å². The van der Waals surface area contributed by atoms with Crippen LogP contribution in [0.1, 0.15) is 42.5 Å². The summed E-state index contributed by atoms with van der Waals surface area (Å²) < 4.78 is 15.8. The number of hydrogen-bond acceptors (Lipinski definition) is 6. The third-order valence-electron chi connectivity index (χ3n) is 3.79. The Kier molecular flexibility index (Phi) is 8.15. The number of unbranched alkanes of at least 4 members (excludes halogenated alkanes) is 2. The minimum atomic E-state index is -0.477. The third-order valence-corrected chi connectivity index (χ3v) is 4.74. The van der Waals surface area contributed by atoms with Crippen LogP contribution in [0.25, 0.3) is 5.57 Å². The Labute approximate surface area is 158 Å². The largest absolute Gasteiger partial charge is 0.503 e. The Morgan fingerprint density at radius 2 is 2.04 bits per heavy atom. The quantitative estimate of drug-likeness (QED) is 0.263. The lowest BCUT2D eigenvalue weighted by Gasteiger charge is -2.12. The van der Waals surface area contributed by atoms with Gasteiger partial charge in [-0.25, -0.2) is 9.78 Å². The van der Waals surface area contributed by atoms with Gasteiger partial charge >= 0.3 is 5.97 Å². The summed E-state index contributed by atoms with van der Waals surface area (Å²) in [5.74, 6) is 0.108. The first-order chi connectivity index (χ1) is 12.7. The van der Waals surface area contributed by atoms with E-state index in [1.807, 2.05) is 23.6 Å². The van der Waals surface area contributed by atoms with Crippen molar-refractivity contribution in [1.82, 2.24) is 4.98 Å². The molecule has 0 aliphatic carbocycles. The number of benzene rings is 1. The molecule has 6 heteroatoms. The summed E-state index contributed by atoms with van der Waals surface area (Å²) in [4.78, 5) is 16.6. The van der Waals surface area contributed by atoms with Gasteiger partial charge in [0.25, 0.3) is 0 Å². The molecule has 0 aliphatic rings. The Hall–Kier alpha value is -2.34.